The molecule has 2 rings (SSSR count). The summed E-state index contributed by atoms with van der Waals surface area (Å²) in [5.41, 5.74) is 0.839. The molecule has 18 heavy (non-hydrogen) atoms. The van der Waals surface area contributed by atoms with Gasteiger partial charge in [-0.2, -0.15) is 0 Å². The average molecular weight is 246 g/mol. The van der Waals surface area contributed by atoms with Gasteiger partial charge in [0, 0.05) is 12.0 Å². The predicted molar refractivity (Wildman–Crippen MR) is 65.3 cm³/mol. The van der Waals surface area contributed by atoms with E-state index in [1.54, 1.807) is 12.1 Å². The highest BCUT2D eigenvalue weighted by atomic mass is 16.4. The monoisotopic (exact) mass is 246 g/mol. The molecule has 0 fully saturated rings. The Morgan fingerprint density at radius 1 is 1.39 bits per heavy atom. The van der Waals surface area contributed by atoms with Crippen molar-refractivity contribution in [3.63, 3.8) is 0 Å². The van der Waals surface area contributed by atoms with Gasteiger partial charge < -0.3 is 9.52 Å². The topological polar surface area (TPSA) is 76.2 Å². The first-order valence-corrected chi connectivity index (χ1v) is 5.87. The fourth-order valence-electron chi connectivity index (χ4n) is 1.58. The molecule has 0 saturated heterocycles. The summed E-state index contributed by atoms with van der Waals surface area (Å²) in [5, 5.41) is 16.8. The first-order chi connectivity index (χ1) is 8.70. The minimum absolute atomic E-state index is 0.209. The molecule has 5 heteroatoms. The summed E-state index contributed by atoms with van der Waals surface area (Å²) in [5.74, 6) is -0.0145. The molecule has 0 atom stereocenters. The fourth-order valence-corrected chi connectivity index (χ4v) is 1.58. The maximum atomic E-state index is 10.9. The molecular weight excluding hydrogens is 232 g/mol. The minimum Gasteiger partial charge on any atom is -0.478 e. The second-order valence-corrected chi connectivity index (χ2v) is 3.99. The molecule has 5 nitrogen and oxygen atoms in total. The van der Waals surface area contributed by atoms with Crippen LogP contribution in [0.3, 0.4) is 0 Å². The van der Waals surface area contributed by atoms with E-state index in [0.717, 1.165) is 19.3 Å². The zero-order chi connectivity index (χ0) is 13.0. The number of aromatic nitrogens is 2. The van der Waals surface area contributed by atoms with Gasteiger partial charge in [-0.05, 0) is 24.6 Å². The zero-order valence-corrected chi connectivity index (χ0v) is 10.1. The van der Waals surface area contributed by atoms with Crippen molar-refractivity contribution in [3.8, 4) is 11.5 Å². The molecule has 1 heterocycles. The van der Waals surface area contributed by atoms with Crippen LogP contribution in [0, 0.1) is 0 Å². The van der Waals surface area contributed by atoms with Gasteiger partial charge in [0.15, 0.2) is 0 Å². The number of benzene rings is 1. The molecule has 0 radical (unpaired) electrons. The van der Waals surface area contributed by atoms with Crippen LogP contribution < -0.4 is 0 Å². The molecule has 0 bridgehead atoms. The van der Waals surface area contributed by atoms with E-state index in [-0.39, 0.29) is 5.56 Å². The maximum Gasteiger partial charge on any atom is 0.335 e. The molecule has 2 aromatic rings. The van der Waals surface area contributed by atoms with Gasteiger partial charge >= 0.3 is 5.97 Å². The molecule has 0 aliphatic carbocycles. The highest BCUT2D eigenvalue weighted by Gasteiger charge is 2.10. The Balaban J connectivity index is 2.23. The van der Waals surface area contributed by atoms with Gasteiger partial charge in [-0.3, -0.25) is 0 Å². The SMILES string of the molecule is CCCCc1nnc(-c2cccc(C(=O)O)c2)o1. The van der Waals surface area contributed by atoms with Crippen molar-refractivity contribution >= 4 is 5.97 Å². The Hall–Kier alpha value is -2.17. The van der Waals surface area contributed by atoms with Crippen LogP contribution in [-0.2, 0) is 6.42 Å². The molecule has 1 N–H and O–H groups in total. The molecule has 0 aliphatic heterocycles. The predicted octanol–water partition coefficient (Wildman–Crippen LogP) is 2.78. The van der Waals surface area contributed by atoms with E-state index in [2.05, 4.69) is 17.1 Å². The van der Waals surface area contributed by atoms with Crippen molar-refractivity contribution in [2.75, 3.05) is 0 Å². The highest BCUT2D eigenvalue weighted by molar-refractivity contribution is 5.88. The van der Waals surface area contributed by atoms with Gasteiger partial charge in [-0.25, -0.2) is 4.79 Å². The van der Waals surface area contributed by atoms with Gasteiger partial charge in [0.1, 0.15) is 0 Å². The molecule has 0 unspecified atom stereocenters. The largest absolute Gasteiger partial charge is 0.478 e. The number of aromatic carboxylic acids is 1. The number of nitrogens with zero attached hydrogens (tertiary/aromatic N) is 2. The Morgan fingerprint density at radius 3 is 2.94 bits per heavy atom. The number of carboxylic acid groups (broad SMARTS) is 1. The molecular formula is C13H14N2O3. The third-order valence-electron chi connectivity index (χ3n) is 2.57. The van der Waals surface area contributed by atoms with Crippen LogP contribution in [0.2, 0.25) is 0 Å². The Labute approximate surface area is 104 Å². The lowest BCUT2D eigenvalue weighted by molar-refractivity contribution is 0.0697. The number of rotatable bonds is 5. The number of unbranched alkanes of at least 4 members (excludes halogenated alkanes) is 1. The third kappa shape index (κ3) is 2.74. The Kier molecular flexibility index (Phi) is 3.72. The Bertz CT molecular complexity index is 549. The summed E-state index contributed by atoms with van der Waals surface area (Å²) >= 11 is 0. The molecule has 0 saturated carbocycles. The summed E-state index contributed by atoms with van der Waals surface area (Å²) in [6, 6.07) is 6.47. The van der Waals surface area contributed by atoms with Crippen LogP contribution in [0.4, 0.5) is 0 Å². The van der Waals surface area contributed by atoms with Crippen LogP contribution in [0.5, 0.6) is 0 Å². The van der Waals surface area contributed by atoms with Crippen molar-refractivity contribution in [3.05, 3.63) is 35.7 Å². The van der Waals surface area contributed by atoms with Gasteiger partial charge in [-0.15, -0.1) is 10.2 Å². The molecule has 94 valence electrons. The number of hydrogen-bond acceptors (Lipinski definition) is 4. The summed E-state index contributed by atoms with van der Waals surface area (Å²) in [6.07, 6.45) is 2.81. The summed E-state index contributed by atoms with van der Waals surface area (Å²) in [7, 11) is 0. The van der Waals surface area contributed by atoms with E-state index in [1.165, 1.54) is 12.1 Å². The first-order valence-electron chi connectivity index (χ1n) is 5.87. The molecule has 0 amide bonds. The van der Waals surface area contributed by atoms with Crippen LogP contribution in [0.25, 0.3) is 11.5 Å². The molecule has 0 spiro atoms. The van der Waals surface area contributed by atoms with Crippen molar-refractivity contribution in [1.82, 2.24) is 10.2 Å². The third-order valence-corrected chi connectivity index (χ3v) is 2.57. The fraction of sp³-hybridized carbons (Fsp3) is 0.308. The number of aryl methyl sites for hydroxylation is 1. The average Bonchev–Trinajstić information content (AvgIpc) is 2.85. The minimum atomic E-state index is -0.970. The standard InChI is InChI=1S/C13H14N2O3/c1-2-3-7-11-14-15-12(18-11)9-5-4-6-10(8-9)13(16)17/h4-6,8H,2-3,7H2,1H3,(H,16,17). The summed E-state index contributed by atoms with van der Waals surface area (Å²) in [4.78, 5) is 10.9. The quantitative estimate of drug-likeness (QED) is 0.877. The smallest absolute Gasteiger partial charge is 0.335 e. The van der Waals surface area contributed by atoms with Crippen molar-refractivity contribution in [2.45, 2.75) is 26.2 Å². The second kappa shape index (κ2) is 5.44. The van der Waals surface area contributed by atoms with Gasteiger partial charge in [-0.1, -0.05) is 19.4 Å². The van der Waals surface area contributed by atoms with E-state index < -0.39 is 5.97 Å². The highest BCUT2D eigenvalue weighted by Crippen LogP contribution is 2.19. The number of hydrogen-bond donors (Lipinski definition) is 1. The van der Waals surface area contributed by atoms with E-state index >= 15 is 0 Å². The van der Waals surface area contributed by atoms with E-state index in [1.807, 2.05) is 0 Å². The molecule has 1 aromatic carbocycles. The molecule has 0 aliphatic rings. The maximum absolute atomic E-state index is 10.9. The summed E-state index contributed by atoms with van der Waals surface area (Å²) < 4.78 is 5.49. The van der Waals surface area contributed by atoms with Crippen molar-refractivity contribution < 1.29 is 14.3 Å². The van der Waals surface area contributed by atoms with Crippen molar-refractivity contribution in [1.29, 1.82) is 0 Å². The lowest BCUT2D eigenvalue weighted by Crippen LogP contribution is -1.95. The normalized spacial score (nSPS) is 10.5. The lowest BCUT2D eigenvalue weighted by Gasteiger charge is -1.97. The van der Waals surface area contributed by atoms with E-state index in [4.69, 9.17) is 9.52 Å². The van der Waals surface area contributed by atoms with Crippen LogP contribution in [0.1, 0.15) is 36.0 Å². The zero-order valence-electron chi connectivity index (χ0n) is 10.1. The Morgan fingerprint density at radius 2 is 2.22 bits per heavy atom. The van der Waals surface area contributed by atoms with Crippen LogP contribution in [0.15, 0.2) is 28.7 Å². The van der Waals surface area contributed by atoms with E-state index in [0.29, 0.717) is 17.3 Å². The van der Waals surface area contributed by atoms with Crippen LogP contribution >= 0.6 is 0 Å². The van der Waals surface area contributed by atoms with Gasteiger partial charge in [0.2, 0.25) is 11.8 Å². The molecule has 1 aromatic heterocycles. The second-order valence-electron chi connectivity index (χ2n) is 3.99. The van der Waals surface area contributed by atoms with E-state index in [9.17, 15) is 4.79 Å². The number of carbonyl (C=O) groups is 1. The summed E-state index contributed by atoms with van der Waals surface area (Å²) in [6.45, 7) is 2.09. The lowest BCUT2D eigenvalue weighted by atomic mass is 10.1. The van der Waals surface area contributed by atoms with Gasteiger partial charge in [0.25, 0.3) is 0 Å². The van der Waals surface area contributed by atoms with Crippen molar-refractivity contribution in [2.24, 2.45) is 0 Å². The van der Waals surface area contributed by atoms with Gasteiger partial charge in [0.05, 0.1) is 5.56 Å². The number of carboxylic acids is 1. The first kappa shape index (κ1) is 12.3. The van der Waals surface area contributed by atoms with Crippen LogP contribution in [-0.4, -0.2) is 21.3 Å².